The first kappa shape index (κ1) is 23.5. The van der Waals surface area contributed by atoms with Crippen LogP contribution < -0.4 is 15.0 Å². The van der Waals surface area contributed by atoms with Gasteiger partial charge >= 0.3 is 0 Å². The van der Waals surface area contributed by atoms with Gasteiger partial charge in [0.05, 0.1) is 12.6 Å². The number of phenols is 1. The zero-order valence-corrected chi connectivity index (χ0v) is 18.2. The Hall–Kier alpha value is -2.76. The summed E-state index contributed by atoms with van der Waals surface area (Å²) in [4.78, 5) is 13.2. The van der Waals surface area contributed by atoms with E-state index in [1.807, 2.05) is 0 Å². The van der Waals surface area contributed by atoms with Gasteiger partial charge in [-0.3, -0.25) is 4.79 Å². The molecule has 0 bridgehead atoms. The van der Waals surface area contributed by atoms with Gasteiger partial charge in [-0.05, 0) is 56.5 Å². The number of carbonyl (C=O) groups is 1. The fraction of sp³-hybridized carbons (Fsp3) is 0.458. The lowest BCUT2D eigenvalue weighted by molar-refractivity contribution is -0.119. The van der Waals surface area contributed by atoms with Gasteiger partial charge in [0.25, 0.3) is 0 Å². The lowest BCUT2D eigenvalue weighted by Gasteiger charge is -2.17. The Morgan fingerprint density at radius 2 is 1.87 bits per heavy atom. The minimum Gasteiger partial charge on any atom is -0.508 e. The molecule has 2 aromatic rings. The third kappa shape index (κ3) is 7.58. The van der Waals surface area contributed by atoms with Gasteiger partial charge in [0.2, 0.25) is 5.91 Å². The first-order valence-electron chi connectivity index (χ1n) is 10.6. The maximum atomic E-state index is 13.2. The Morgan fingerprint density at radius 1 is 1.20 bits per heavy atom. The molecule has 1 aliphatic heterocycles. The summed E-state index contributed by atoms with van der Waals surface area (Å²) in [6.07, 6.45) is 4.98. The summed E-state index contributed by atoms with van der Waals surface area (Å²) >= 11 is 0. The molecular formula is C24H33FN2O3. The number of benzene rings is 2. The van der Waals surface area contributed by atoms with Crippen LogP contribution in [0.25, 0.3) is 0 Å². The van der Waals surface area contributed by atoms with E-state index in [9.17, 15) is 9.18 Å². The third-order valence-corrected chi connectivity index (χ3v) is 4.94. The SMILES string of the molecule is CC(=O)NC(C)c1ccc(O)cc1F.CCCCOc1ccc(N2CCCC2)cc1. The molecule has 1 saturated heterocycles. The van der Waals surface area contributed by atoms with E-state index in [1.54, 1.807) is 6.92 Å². The van der Waals surface area contributed by atoms with Crippen molar-refractivity contribution >= 4 is 11.6 Å². The Balaban J connectivity index is 0.000000216. The largest absolute Gasteiger partial charge is 0.508 e. The molecule has 164 valence electrons. The molecule has 6 heteroatoms. The number of unbranched alkanes of at least 4 members (excludes halogenated alkanes) is 1. The average molecular weight is 417 g/mol. The Bertz CT molecular complexity index is 790. The molecule has 1 heterocycles. The predicted molar refractivity (Wildman–Crippen MR) is 119 cm³/mol. The fourth-order valence-electron chi connectivity index (χ4n) is 3.31. The van der Waals surface area contributed by atoms with Crippen LogP contribution in [-0.2, 0) is 4.79 Å². The highest BCUT2D eigenvalue weighted by atomic mass is 19.1. The number of hydrogen-bond donors (Lipinski definition) is 2. The average Bonchev–Trinajstić information content (AvgIpc) is 3.23. The number of rotatable bonds is 7. The lowest BCUT2D eigenvalue weighted by atomic mass is 10.1. The van der Waals surface area contributed by atoms with Crippen LogP contribution in [0.5, 0.6) is 11.5 Å². The maximum Gasteiger partial charge on any atom is 0.217 e. The van der Waals surface area contributed by atoms with E-state index in [4.69, 9.17) is 9.84 Å². The number of halogens is 1. The van der Waals surface area contributed by atoms with Crippen LogP contribution in [0.4, 0.5) is 10.1 Å². The predicted octanol–water partition coefficient (Wildman–Crippen LogP) is 5.19. The van der Waals surface area contributed by atoms with Gasteiger partial charge in [-0.1, -0.05) is 19.4 Å². The van der Waals surface area contributed by atoms with E-state index in [0.29, 0.717) is 5.56 Å². The fourth-order valence-corrected chi connectivity index (χ4v) is 3.31. The minimum absolute atomic E-state index is 0.124. The summed E-state index contributed by atoms with van der Waals surface area (Å²) in [7, 11) is 0. The first-order valence-corrected chi connectivity index (χ1v) is 10.6. The van der Waals surface area contributed by atoms with E-state index in [0.717, 1.165) is 24.8 Å². The molecule has 3 rings (SSSR count). The molecule has 30 heavy (non-hydrogen) atoms. The van der Waals surface area contributed by atoms with Crippen molar-refractivity contribution in [3.8, 4) is 11.5 Å². The van der Waals surface area contributed by atoms with Crippen LogP contribution in [0.15, 0.2) is 42.5 Å². The molecule has 1 amide bonds. The van der Waals surface area contributed by atoms with Crippen molar-refractivity contribution in [3.63, 3.8) is 0 Å². The highest BCUT2D eigenvalue weighted by Crippen LogP contribution is 2.23. The van der Waals surface area contributed by atoms with Crippen molar-refractivity contribution in [2.24, 2.45) is 0 Å². The summed E-state index contributed by atoms with van der Waals surface area (Å²) in [5, 5.41) is 11.5. The number of anilines is 1. The Kier molecular flexibility index (Phi) is 9.45. The van der Waals surface area contributed by atoms with Crippen LogP contribution in [0.2, 0.25) is 0 Å². The van der Waals surface area contributed by atoms with Crippen LogP contribution in [0, 0.1) is 5.82 Å². The molecule has 2 aromatic carbocycles. The van der Waals surface area contributed by atoms with E-state index in [-0.39, 0.29) is 11.7 Å². The van der Waals surface area contributed by atoms with Crippen molar-refractivity contribution in [1.29, 1.82) is 0 Å². The van der Waals surface area contributed by atoms with E-state index in [1.165, 1.54) is 57.1 Å². The normalized spacial score (nSPS) is 13.9. The minimum atomic E-state index is -0.522. The zero-order valence-electron chi connectivity index (χ0n) is 18.2. The van der Waals surface area contributed by atoms with Gasteiger partial charge in [0, 0.05) is 37.3 Å². The number of nitrogens with zero attached hydrogens (tertiary/aromatic N) is 1. The quantitative estimate of drug-likeness (QED) is 0.610. The highest BCUT2D eigenvalue weighted by molar-refractivity contribution is 5.73. The smallest absolute Gasteiger partial charge is 0.217 e. The van der Waals surface area contributed by atoms with Crippen LogP contribution >= 0.6 is 0 Å². The molecule has 1 aliphatic rings. The van der Waals surface area contributed by atoms with Crippen LogP contribution in [0.1, 0.15) is 58.1 Å². The summed E-state index contributed by atoms with van der Waals surface area (Å²) in [6, 6.07) is 12.0. The second-order valence-corrected chi connectivity index (χ2v) is 7.52. The number of hydrogen-bond acceptors (Lipinski definition) is 4. The van der Waals surface area contributed by atoms with E-state index < -0.39 is 11.9 Å². The first-order chi connectivity index (χ1) is 14.4. The van der Waals surface area contributed by atoms with Gasteiger partial charge in [-0.25, -0.2) is 4.39 Å². The summed E-state index contributed by atoms with van der Waals surface area (Å²) in [6.45, 7) is 8.47. The van der Waals surface area contributed by atoms with Crippen molar-refractivity contribution in [2.75, 3.05) is 24.6 Å². The lowest BCUT2D eigenvalue weighted by Crippen LogP contribution is -2.24. The zero-order chi connectivity index (χ0) is 21.9. The van der Waals surface area contributed by atoms with Gasteiger partial charge < -0.3 is 20.1 Å². The Labute approximate surface area is 178 Å². The molecule has 5 nitrogen and oxygen atoms in total. The molecule has 1 unspecified atom stereocenters. The number of carbonyl (C=O) groups excluding carboxylic acids is 1. The molecule has 0 aliphatic carbocycles. The monoisotopic (exact) mass is 416 g/mol. The molecule has 0 spiro atoms. The maximum absolute atomic E-state index is 13.2. The molecule has 0 saturated carbocycles. The summed E-state index contributed by atoms with van der Waals surface area (Å²) in [5.74, 6) is 0.133. The molecule has 0 aromatic heterocycles. The standard InChI is InChI=1S/C14H21NO.C10H12FNO2/c1-2-3-12-16-14-8-6-13(7-9-14)15-10-4-5-11-15;1-6(12-7(2)13)9-4-3-8(14)5-10(9)11/h6-9H,2-5,10-12H2,1H3;3-6,14H,1-2H3,(H,12,13). The number of amides is 1. The van der Waals surface area contributed by atoms with E-state index in [2.05, 4.69) is 41.4 Å². The molecular weight excluding hydrogens is 383 g/mol. The second-order valence-electron chi connectivity index (χ2n) is 7.52. The number of phenolic OH excluding ortho intramolecular Hbond substituents is 1. The van der Waals surface area contributed by atoms with Gasteiger partial charge in [0.1, 0.15) is 17.3 Å². The summed E-state index contributed by atoms with van der Waals surface area (Å²) < 4.78 is 18.9. The van der Waals surface area contributed by atoms with Gasteiger partial charge in [0.15, 0.2) is 0 Å². The third-order valence-electron chi connectivity index (χ3n) is 4.94. The van der Waals surface area contributed by atoms with Crippen LogP contribution in [0.3, 0.4) is 0 Å². The molecule has 1 atom stereocenters. The summed E-state index contributed by atoms with van der Waals surface area (Å²) in [5.41, 5.74) is 1.69. The van der Waals surface area contributed by atoms with E-state index >= 15 is 0 Å². The molecule has 0 radical (unpaired) electrons. The second kappa shape index (κ2) is 12.1. The van der Waals surface area contributed by atoms with Crippen molar-refractivity contribution in [1.82, 2.24) is 5.32 Å². The topological polar surface area (TPSA) is 61.8 Å². The van der Waals surface area contributed by atoms with Gasteiger partial charge in [-0.15, -0.1) is 0 Å². The number of aromatic hydroxyl groups is 1. The van der Waals surface area contributed by atoms with Gasteiger partial charge in [-0.2, -0.15) is 0 Å². The van der Waals surface area contributed by atoms with Crippen molar-refractivity contribution < 1.29 is 19.0 Å². The number of ether oxygens (including phenoxy) is 1. The van der Waals surface area contributed by atoms with Crippen LogP contribution in [-0.4, -0.2) is 30.7 Å². The van der Waals surface area contributed by atoms with Crippen molar-refractivity contribution in [2.45, 2.75) is 52.5 Å². The highest BCUT2D eigenvalue weighted by Gasteiger charge is 2.12. The Morgan fingerprint density at radius 3 is 2.43 bits per heavy atom. The molecule has 1 fully saturated rings. The number of nitrogens with one attached hydrogen (secondary N) is 1. The van der Waals surface area contributed by atoms with Crippen molar-refractivity contribution in [3.05, 3.63) is 53.8 Å². The molecule has 2 N–H and O–H groups in total.